The molecule has 4 aromatic rings. The van der Waals surface area contributed by atoms with Gasteiger partial charge in [-0.05, 0) is 50.0 Å². The van der Waals surface area contributed by atoms with Crippen LogP contribution in [0.1, 0.15) is 0 Å². The van der Waals surface area contributed by atoms with Gasteiger partial charge >= 0.3 is 0 Å². The predicted octanol–water partition coefficient (Wildman–Crippen LogP) is 8.30. The molecule has 0 fully saturated rings. The number of para-hydroxylation sites is 3. The normalized spacial score (nSPS) is 13.6. The molecular formula is C33H50N2O4Si3. The first-order valence-electron chi connectivity index (χ1n) is 15.0. The standard InChI is InChI=1S/C33H50N2O4Si3/c1-36-30-19-13-14-20-31(30)37-23-22-34(40(2,3)4)24-26(39-42(8,9)10)25-38-32-21-15-18-29-33(32)27-16-11-12-17-28(27)35(29)41(5,6)7/h11-21,26H,22-25H2,1-10H3. The van der Waals surface area contributed by atoms with E-state index in [0.717, 1.165) is 30.3 Å². The summed E-state index contributed by atoms with van der Waals surface area (Å²) in [6.07, 6.45) is -0.0461. The maximum atomic E-state index is 6.78. The van der Waals surface area contributed by atoms with E-state index in [-0.39, 0.29) is 6.10 Å². The summed E-state index contributed by atoms with van der Waals surface area (Å²) >= 11 is 0. The molecule has 1 aromatic heterocycles. The van der Waals surface area contributed by atoms with Crippen molar-refractivity contribution in [3.8, 4) is 17.2 Å². The van der Waals surface area contributed by atoms with Gasteiger partial charge in [-0.2, -0.15) is 0 Å². The lowest BCUT2D eigenvalue weighted by Crippen LogP contribution is -2.53. The lowest BCUT2D eigenvalue weighted by molar-refractivity contribution is 0.0985. The van der Waals surface area contributed by atoms with Crippen LogP contribution in [0.5, 0.6) is 17.2 Å². The Balaban J connectivity index is 1.57. The fourth-order valence-corrected chi connectivity index (χ4v) is 10.1. The summed E-state index contributed by atoms with van der Waals surface area (Å²) in [6.45, 7) is 23.8. The van der Waals surface area contributed by atoms with Gasteiger partial charge in [0.25, 0.3) is 0 Å². The molecule has 4 rings (SSSR count). The van der Waals surface area contributed by atoms with E-state index in [1.807, 2.05) is 24.3 Å². The van der Waals surface area contributed by atoms with Crippen LogP contribution in [0.3, 0.4) is 0 Å². The van der Waals surface area contributed by atoms with Crippen molar-refractivity contribution < 1.29 is 18.6 Å². The van der Waals surface area contributed by atoms with Crippen LogP contribution in [-0.2, 0) is 4.43 Å². The van der Waals surface area contributed by atoms with Gasteiger partial charge in [0, 0.05) is 34.9 Å². The minimum absolute atomic E-state index is 0.0461. The van der Waals surface area contributed by atoms with Gasteiger partial charge in [0.1, 0.15) is 27.2 Å². The third kappa shape index (κ3) is 7.87. The molecule has 0 aliphatic carbocycles. The highest BCUT2D eigenvalue weighted by Gasteiger charge is 2.30. The van der Waals surface area contributed by atoms with E-state index in [1.165, 1.54) is 21.8 Å². The molecule has 1 atom stereocenters. The van der Waals surface area contributed by atoms with Gasteiger partial charge in [0.15, 0.2) is 28.1 Å². The van der Waals surface area contributed by atoms with E-state index in [2.05, 4.69) is 110 Å². The first-order chi connectivity index (χ1) is 19.7. The second kappa shape index (κ2) is 13.0. The first kappa shape index (κ1) is 32.3. The van der Waals surface area contributed by atoms with Crippen molar-refractivity contribution in [2.75, 3.05) is 33.4 Å². The average molecular weight is 623 g/mol. The van der Waals surface area contributed by atoms with Crippen LogP contribution < -0.4 is 14.2 Å². The maximum absolute atomic E-state index is 6.78. The second-order valence-electron chi connectivity index (χ2n) is 14.0. The Morgan fingerprint density at radius 2 is 1.33 bits per heavy atom. The zero-order valence-electron chi connectivity index (χ0n) is 27.3. The second-order valence-corrected chi connectivity index (χ2v) is 28.2. The minimum atomic E-state index is -1.84. The Morgan fingerprint density at radius 1 is 0.714 bits per heavy atom. The van der Waals surface area contributed by atoms with Crippen LogP contribution in [-0.4, -0.2) is 73.1 Å². The van der Waals surface area contributed by atoms with Crippen LogP contribution in [0, 0.1) is 0 Å². The van der Waals surface area contributed by atoms with Gasteiger partial charge in [0.05, 0.1) is 13.2 Å². The molecule has 0 aliphatic heterocycles. The van der Waals surface area contributed by atoms with Crippen molar-refractivity contribution in [3.63, 3.8) is 0 Å². The summed E-state index contributed by atoms with van der Waals surface area (Å²) in [5, 5.41) is 2.46. The first-order valence-corrected chi connectivity index (χ1v) is 25.3. The zero-order valence-corrected chi connectivity index (χ0v) is 30.3. The van der Waals surface area contributed by atoms with Gasteiger partial charge in [-0.1, -0.05) is 75.7 Å². The molecule has 228 valence electrons. The molecule has 0 N–H and O–H groups in total. The Morgan fingerprint density at radius 3 is 1.98 bits per heavy atom. The number of hydrogen-bond donors (Lipinski definition) is 0. The van der Waals surface area contributed by atoms with Crippen molar-refractivity contribution in [2.24, 2.45) is 0 Å². The molecule has 42 heavy (non-hydrogen) atoms. The number of fused-ring (bicyclic) bond motifs is 3. The minimum Gasteiger partial charge on any atom is -0.493 e. The molecule has 0 aliphatic rings. The summed E-state index contributed by atoms with van der Waals surface area (Å²) < 4.78 is 30.3. The van der Waals surface area contributed by atoms with Gasteiger partial charge in [0.2, 0.25) is 0 Å². The van der Waals surface area contributed by atoms with E-state index in [1.54, 1.807) is 7.11 Å². The van der Waals surface area contributed by atoms with Crippen LogP contribution >= 0.6 is 0 Å². The summed E-state index contributed by atoms with van der Waals surface area (Å²) in [5.74, 6) is 2.47. The fraction of sp³-hybridized carbons (Fsp3) is 0.455. The Hall–Kier alpha value is -2.57. The Bertz CT molecular complexity index is 1480. The van der Waals surface area contributed by atoms with Gasteiger partial charge in [-0.15, -0.1) is 0 Å². The molecule has 0 saturated carbocycles. The number of ether oxygens (including phenoxy) is 3. The van der Waals surface area contributed by atoms with Crippen molar-refractivity contribution in [1.82, 2.24) is 8.80 Å². The van der Waals surface area contributed by atoms with E-state index in [9.17, 15) is 0 Å². The van der Waals surface area contributed by atoms with E-state index < -0.39 is 24.8 Å². The summed E-state index contributed by atoms with van der Waals surface area (Å²) in [7, 11) is -3.52. The fourth-order valence-electron chi connectivity index (χ4n) is 5.59. The number of aromatic nitrogens is 1. The smallest absolute Gasteiger partial charge is 0.184 e. The summed E-state index contributed by atoms with van der Waals surface area (Å²) in [5.41, 5.74) is 2.55. The maximum Gasteiger partial charge on any atom is 0.184 e. The quantitative estimate of drug-likeness (QED) is 0.132. The molecule has 0 spiro atoms. The summed E-state index contributed by atoms with van der Waals surface area (Å²) in [6, 6.07) is 23.1. The van der Waals surface area contributed by atoms with Crippen molar-refractivity contribution >= 4 is 46.6 Å². The zero-order chi connectivity index (χ0) is 30.7. The average Bonchev–Trinajstić information content (AvgIpc) is 3.25. The number of hydrogen-bond acceptors (Lipinski definition) is 5. The van der Waals surface area contributed by atoms with E-state index >= 15 is 0 Å². The SMILES string of the molecule is COc1ccccc1OCCN(CC(COc1cccc2c1c1ccccc1n2[Si](C)(C)C)O[Si](C)(C)C)[Si](C)(C)C. The van der Waals surface area contributed by atoms with Crippen LogP contribution in [0.2, 0.25) is 58.9 Å². The predicted molar refractivity (Wildman–Crippen MR) is 185 cm³/mol. The number of benzene rings is 3. The van der Waals surface area contributed by atoms with Crippen molar-refractivity contribution in [1.29, 1.82) is 0 Å². The molecule has 0 radical (unpaired) electrons. The van der Waals surface area contributed by atoms with Gasteiger partial charge in [-0.25, -0.2) is 0 Å². The largest absolute Gasteiger partial charge is 0.493 e. The molecule has 0 bridgehead atoms. The molecule has 0 saturated heterocycles. The number of rotatable bonds is 14. The van der Waals surface area contributed by atoms with Crippen molar-refractivity contribution in [3.05, 3.63) is 66.7 Å². The number of methoxy groups -OCH3 is 1. The highest BCUT2D eigenvalue weighted by molar-refractivity contribution is 6.76. The van der Waals surface area contributed by atoms with Crippen LogP contribution in [0.4, 0.5) is 0 Å². The molecular weight excluding hydrogens is 573 g/mol. The van der Waals surface area contributed by atoms with E-state index in [4.69, 9.17) is 18.6 Å². The van der Waals surface area contributed by atoms with Crippen LogP contribution in [0.15, 0.2) is 66.7 Å². The Kier molecular flexibility index (Phi) is 9.99. The molecule has 3 aromatic carbocycles. The van der Waals surface area contributed by atoms with E-state index in [0.29, 0.717) is 13.2 Å². The number of nitrogens with zero attached hydrogens (tertiary/aromatic N) is 2. The van der Waals surface area contributed by atoms with Gasteiger partial charge in [-0.3, -0.25) is 0 Å². The molecule has 0 amide bonds. The molecule has 6 nitrogen and oxygen atoms in total. The lowest BCUT2D eigenvalue weighted by Gasteiger charge is -2.38. The van der Waals surface area contributed by atoms with Crippen LogP contribution in [0.25, 0.3) is 21.8 Å². The molecule has 1 unspecified atom stereocenters. The topological polar surface area (TPSA) is 45.1 Å². The highest BCUT2D eigenvalue weighted by Crippen LogP contribution is 2.37. The lowest BCUT2D eigenvalue weighted by atomic mass is 10.1. The monoisotopic (exact) mass is 622 g/mol. The Labute approximate surface area is 255 Å². The van der Waals surface area contributed by atoms with Crippen molar-refractivity contribution in [2.45, 2.75) is 65.0 Å². The highest BCUT2D eigenvalue weighted by atomic mass is 28.4. The van der Waals surface area contributed by atoms with Gasteiger partial charge < -0.3 is 27.4 Å². The molecule has 9 heteroatoms. The molecule has 1 heterocycles. The third-order valence-electron chi connectivity index (χ3n) is 7.34. The summed E-state index contributed by atoms with van der Waals surface area (Å²) in [4.78, 5) is 0. The third-order valence-corrected chi connectivity index (χ3v) is 12.5.